The first-order valence-electron chi connectivity index (χ1n) is 8.73. The minimum Gasteiger partial charge on any atom is -0.375 e. The first-order chi connectivity index (χ1) is 12.2. The van der Waals surface area contributed by atoms with Crippen LogP contribution in [0.5, 0.6) is 0 Å². The van der Waals surface area contributed by atoms with E-state index in [4.69, 9.17) is 4.74 Å². The Morgan fingerprint density at radius 3 is 3.04 bits per heavy atom. The lowest BCUT2D eigenvalue weighted by Crippen LogP contribution is -2.26. The van der Waals surface area contributed by atoms with Crippen LogP contribution in [0.25, 0.3) is 0 Å². The lowest BCUT2D eigenvalue weighted by molar-refractivity contribution is -0.124. The number of aromatic nitrogens is 4. The van der Waals surface area contributed by atoms with Crippen LogP contribution in [0.2, 0.25) is 0 Å². The van der Waals surface area contributed by atoms with E-state index in [9.17, 15) is 4.79 Å². The number of carbonyl (C=O) groups excluding carboxylic acids is 1. The van der Waals surface area contributed by atoms with Crippen LogP contribution in [-0.2, 0) is 42.3 Å². The van der Waals surface area contributed by atoms with E-state index < -0.39 is 0 Å². The minimum absolute atomic E-state index is 0.0762. The van der Waals surface area contributed by atoms with Gasteiger partial charge >= 0.3 is 0 Å². The van der Waals surface area contributed by atoms with Crippen LogP contribution in [0.4, 0.5) is 0 Å². The molecule has 0 atom stereocenters. The lowest BCUT2D eigenvalue weighted by atomic mass is 10.3. The molecule has 2 aromatic rings. The molecule has 0 saturated heterocycles. The summed E-state index contributed by atoms with van der Waals surface area (Å²) in [5, 5.41) is 11.8. The number of amides is 1. The highest BCUT2D eigenvalue weighted by atomic mass is 16.5. The van der Waals surface area contributed by atoms with Gasteiger partial charge in [-0.1, -0.05) is 0 Å². The van der Waals surface area contributed by atoms with E-state index >= 15 is 0 Å². The number of carbonyl (C=O) groups is 1. The van der Waals surface area contributed by atoms with Crippen molar-refractivity contribution in [3.05, 3.63) is 35.4 Å². The van der Waals surface area contributed by atoms with Gasteiger partial charge in [-0.2, -0.15) is 10.2 Å². The highest BCUT2D eigenvalue weighted by molar-refractivity contribution is 5.77. The highest BCUT2D eigenvalue weighted by Gasteiger charge is 2.17. The Morgan fingerprint density at radius 1 is 1.40 bits per heavy atom. The molecule has 0 aliphatic carbocycles. The molecule has 1 amide bonds. The van der Waals surface area contributed by atoms with Crippen LogP contribution in [0.15, 0.2) is 18.5 Å². The van der Waals surface area contributed by atoms with Crippen molar-refractivity contribution >= 4 is 5.91 Å². The lowest BCUT2D eigenvalue weighted by Gasteiger charge is -2.18. The predicted molar refractivity (Wildman–Crippen MR) is 92.6 cm³/mol. The van der Waals surface area contributed by atoms with Crippen LogP contribution in [-0.4, -0.2) is 50.6 Å². The second-order valence-electron chi connectivity index (χ2n) is 6.33. The molecule has 2 aromatic heterocycles. The van der Waals surface area contributed by atoms with E-state index in [0.717, 1.165) is 44.8 Å². The normalized spacial score (nSPS) is 15.0. The molecule has 8 heteroatoms. The van der Waals surface area contributed by atoms with Crippen molar-refractivity contribution in [1.82, 2.24) is 29.8 Å². The van der Waals surface area contributed by atoms with Gasteiger partial charge in [0.1, 0.15) is 6.61 Å². The first-order valence-corrected chi connectivity index (χ1v) is 8.73. The molecule has 1 N–H and O–H groups in total. The van der Waals surface area contributed by atoms with Gasteiger partial charge in [0.2, 0.25) is 5.91 Å². The van der Waals surface area contributed by atoms with Crippen LogP contribution < -0.4 is 5.32 Å². The maximum absolute atomic E-state index is 11.5. The van der Waals surface area contributed by atoms with Crippen LogP contribution in [0.1, 0.15) is 30.3 Å². The molecule has 3 rings (SSSR count). The summed E-state index contributed by atoms with van der Waals surface area (Å²) >= 11 is 0. The van der Waals surface area contributed by atoms with Crippen molar-refractivity contribution in [3.63, 3.8) is 0 Å². The van der Waals surface area contributed by atoms with Crippen molar-refractivity contribution in [1.29, 1.82) is 0 Å². The molecule has 0 aromatic carbocycles. The van der Waals surface area contributed by atoms with Gasteiger partial charge < -0.3 is 10.1 Å². The molecule has 136 valence electrons. The third-order valence-electron chi connectivity index (χ3n) is 4.30. The van der Waals surface area contributed by atoms with Gasteiger partial charge in [-0.15, -0.1) is 0 Å². The van der Waals surface area contributed by atoms with Crippen molar-refractivity contribution in [2.45, 2.75) is 46.1 Å². The maximum atomic E-state index is 11.5. The second kappa shape index (κ2) is 8.26. The fourth-order valence-electron chi connectivity index (χ4n) is 3.10. The monoisotopic (exact) mass is 346 g/mol. The number of nitrogens with one attached hydrogen (secondary N) is 1. The highest BCUT2D eigenvalue weighted by Crippen LogP contribution is 2.16. The number of aryl methyl sites for hydroxylation is 2. The van der Waals surface area contributed by atoms with E-state index in [2.05, 4.69) is 44.3 Å². The molecule has 0 radical (unpaired) electrons. The Morgan fingerprint density at radius 2 is 2.28 bits per heavy atom. The maximum Gasteiger partial charge on any atom is 0.246 e. The standard InChI is InChI=1S/C17H26N6O2/c1-3-22-11-14(8-19-22)10-21-5-4-6-23-16(12-21)7-15(20-23)9-18-17(24)13-25-2/h7-8,11H,3-6,9-10,12-13H2,1-2H3,(H,18,24). The number of hydrogen-bond donors (Lipinski definition) is 1. The zero-order valence-electron chi connectivity index (χ0n) is 14.9. The van der Waals surface area contributed by atoms with Crippen molar-refractivity contribution in [2.24, 2.45) is 0 Å². The minimum atomic E-state index is -0.125. The number of fused-ring (bicyclic) bond motifs is 1. The van der Waals surface area contributed by atoms with Gasteiger partial charge in [0.25, 0.3) is 0 Å². The molecule has 25 heavy (non-hydrogen) atoms. The van der Waals surface area contributed by atoms with Crippen LogP contribution >= 0.6 is 0 Å². The molecule has 1 aliphatic rings. The largest absolute Gasteiger partial charge is 0.375 e. The number of ether oxygens (including phenoxy) is 1. The van der Waals surface area contributed by atoms with E-state index in [1.54, 1.807) is 0 Å². The number of rotatable bonds is 7. The van der Waals surface area contributed by atoms with Crippen molar-refractivity contribution < 1.29 is 9.53 Å². The van der Waals surface area contributed by atoms with Gasteiger partial charge in [0, 0.05) is 51.6 Å². The summed E-state index contributed by atoms with van der Waals surface area (Å²) < 4.78 is 8.84. The molecular weight excluding hydrogens is 320 g/mol. The molecule has 8 nitrogen and oxygen atoms in total. The summed E-state index contributed by atoms with van der Waals surface area (Å²) in [7, 11) is 1.51. The van der Waals surface area contributed by atoms with Gasteiger partial charge in [0.15, 0.2) is 0 Å². The third kappa shape index (κ3) is 4.67. The Bertz CT molecular complexity index is 708. The van der Waals surface area contributed by atoms with E-state index in [1.165, 1.54) is 18.4 Å². The molecule has 0 saturated carbocycles. The van der Waals surface area contributed by atoms with Crippen LogP contribution in [0.3, 0.4) is 0 Å². The topological polar surface area (TPSA) is 77.2 Å². The Labute approximate surface area is 147 Å². The molecule has 1 aliphatic heterocycles. The summed E-state index contributed by atoms with van der Waals surface area (Å²) in [5.74, 6) is -0.125. The summed E-state index contributed by atoms with van der Waals surface area (Å²) in [6.07, 6.45) is 5.12. The average molecular weight is 346 g/mol. The van der Waals surface area contributed by atoms with E-state index in [0.29, 0.717) is 6.54 Å². The average Bonchev–Trinajstić information content (AvgIpc) is 3.16. The first kappa shape index (κ1) is 17.6. The van der Waals surface area contributed by atoms with Crippen LogP contribution in [0, 0.1) is 0 Å². The molecular formula is C17H26N6O2. The van der Waals surface area contributed by atoms with Crippen molar-refractivity contribution in [3.8, 4) is 0 Å². The Hall–Kier alpha value is -2.19. The third-order valence-corrected chi connectivity index (χ3v) is 4.30. The SMILES string of the molecule is CCn1cc(CN2CCCn3nc(CNC(=O)COC)cc3C2)cn1. The zero-order valence-corrected chi connectivity index (χ0v) is 14.9. The zero-order chi connectivity index (χ0) is 17.6. The second-order valence-corrected chi connectivity index (χ2v) is 6.33. The molecule has 0 unspecified atom stereocenters. The smallest absolute Gasteiger partial charge is 0.246 e. The fraction of sp³-hybridized carbons (Fsp3) is 0.588. The summed E-state index contributed by atoms with van der Waals surface area (Å²) in [6, 6.07) is 2.08. The summed E-state index contributed by atoms with van der Waals surface area (Å²) in [6.45, 7) is 7.20. The fourth-order valence-corrected chi connectivity index (χ4v) is 3.10. The molecule has 0 fully saturated rings. The molecule has 0 spiro atoms. The van der Waals surface area contributed by atoms with E-state index in [-0.39, 0.29) is 12.5 Å². The summed E-state index contributed by atoms with van der Waals surface area (Å²) in [4.78, 5) is 13.9. The Kier molecular flexibility index (Phi) is 5.83. The number of hydrogen-bond acceptors (Lipinski definition) is 5. The molecule has 0 bridgehead atoms. The number of methoxy groups -OCH3 is 1. The summed E-state index contributed by atoms with van der Waals surface area (Å²) in [5.41, 5.74) is 3.32. The Balaban J connectivity index is 1.60. The van der Waals surface area contributed by atoms with Gasteiger partial charge in [-0.25, -0.2) is 0 Å². The predicted octanol–water partition coefficient (Wildman–Crippen LogP) is 0.768. The van der Waals surface area contributed by atoms with Crippen molar-refractivity contribution in [2.75, 3.05) is 20.3 Å². The van der Waals surface area contributed by atoms with E-state index in [1.807, 2.05) is 10.9 Å². The number of nitrogens with zero attached hydrogens (tertiary/aromatic N) is 5. The molecule has 3 heterocycles. The van der Waals surface area contributed by atoms with Gasteiger partial charge in [-0.3, -0.25) is 19.1 Å². The van der Waals surface area contributed by atoms with Gasteiger partial charge in [0.05, 0.1) is 24.1 Å². The van der Waals surface area contributed by atoms with Gasteiger partial charge in [-0.05, 0) is 19.4 Å². The quantitative estimate of drug-likeness (QED) is 0.801.